The Balaban J connectivity index is 0.00000200. The Kier molecular flexibility index (Phi) is 6.11. The van der Waals surface area contributed by atoms with Crippen LogP contribution in [-0.2, 0) is 9.53 Å². The molecule has 96 valence electrons. The molecule has 0 saturated heterocycles. The van der Waals surface area contributed by atoms with Gasteiger partial charge in [0.15, 0.2) is 0 Å². The van der Waals surface area contributed by atoms with Gasteiger partial charge in [-0.2, -0.15) is 0 Å². The summed E-state index contributed by atoms with van der Waals surface area (Å²) in [4.78, 5) is 11.8. The summed E-state index contributed by atoms with van der Waals surface area (Å²) in [6.07, 6.45) is 0. The van der Waals surface area contributed by atoms with Crippen LogP contribution in [0.3, 0.4) is 0 Å². The van der Waals surface area contributed by atoms with Crippen LogP contribution in [-0.4, -0.2) is 13.1 Å². The Labute approximate surface area is 130 Å². The molecular formula is C16H13LiO3. The van der Waals surface area contributed by atoms with Gasteiger partial charge < -0.3 is 9.84 Å². The minimum atomic E-state index is -0.625. The Morgan fingerprint density at radius 3 is 1.80 bits per heavy atom. The molecule has 0 aliphatic heterocycles. The maximum absolute atomic E-state index is 12.4. The zero-order chi connectivity index (χ0) is 13.7. The Morgan fingerprint density at radius 2 is 1.35 bits per heavy atom. The fourth-order valence-corrected chi connectivity index (χ4v) is 1.78. The zero-order valence-corrected chi connectivity index (χ0v) is 11.5. The molecule has 0 saturated carbocycles. The molecule has 0 unspecified atom stereocenters. The molecule has 2 aromatic rings. The van der Waals surface area contributed by atoms with E-state index in [1.54, 1.807) is 48.5 Å². The number of rotatable bonds is 3. The van der Waals surface area contributed by atoms with Crippen LogP contribution in [0.4, 0.5) is 0 Å². The molecule has 3 nitrogen and oxygen atoms in total. The van der Waals surface area contributed by atoms with Crippen molar-refractivity contribution in [2.45, 2.75) is 0 Å². The summed E-state index contributed by atoms with van der Waals surface area (Å²) in [5.41, 5.74) is 1.07. The molecule has 0 aliphatic carbocycles. The van der Waals surface area contributed by atoms with E-state index in [-0.39, 0.29) is 30.2 Å². The van der Waals surface area contributed by atoms with Gasteiger partial charge in [-0.25, -0.2) is 4.79 Å². The topological polar surface area (TPSA) is 49.4 Å². The van der Waals surface area contributed by atoms with E-state index < -0.39 is 5.97 Å². The fraction of sp³-hybridized carbons (Fsp3) is 0.0625. The first-order valence-corrected chi connectivity index (χ1v) is 5.84. The van der Waals surface area contributed by atoms with Crippen LogP contribution in [0.1, 0.15) is 11.1 Å². The van der Waals surface area contributed by atoms with Crippen molar-refractivity contribution in [3.05, 3.63) is 71.8 Å². The summed E-state index contributed by atoms with van der Waals surface area (Å²) >= 11 is 0. The van der Waals surface area contributed by atoms with Crippen LogP contribution in [0.15, 0.2) is 60.7 Å². The van der Waals surface area contributed by atoms with Crippen LogP contribution in [0.2, 0.25) is 0 Å². The van der Waals surface area contributed by atoms with E-state index in [1.165, 1.54) is 7.11 Å². The molecule has 0 spiro atoms. The van der Waals surface area contributed by atoms with E-state index in [2.05, 4.69) is 0 Å². The largest absolute Gasteiger partial charge is 1.00 e. The Hall–Kier alpha value is -1.95. The number of carbonyl (C=O) groups excluding carboxylic acids is 1. The molecule has 4 heteroatoms. The van der Waals surface area contributed by atoms with E-state index in [4.69, 9.17) is 4.74 Å². The summed E-state index contributed by atoms with van der Waals surface area (Å²) in [7, 11) is 1.27. The van der Waals surface area contributed by atoms with Crippen LogP contribution in [0, 0.1) is 0 Å². The molecule has 2 aromatic carbocycles. The quantitative estimate of drug-likeness (QED) is 0.236. The third-order valence-electron chi connectivity index (χ3n) is 2.72. The van der Waals surface area contributed by atoms with Crippen molar-refractivity contribution in [1.82, 2.24) is 0 Å². The molecule has 0 bridgehead atoms. The van der Waals surface area contributed by atoms with Crippen LogP contribution in [0.25, 0.3) is 11.3 Å². The average molecular weight is 260 g/mol. The number of methoxy groups -OCH3 is 1. The number of hydrogen-bond donors (Lipinski definition) is 0. The van der Waals surface area contributed by atoms with Crippen molar-refractivity contribution in [2.75, 3.05) is 7.11 Å². The van der Waals surface area contributed by atoms with Crippen LogP contribution < -0.4 is 24.0 Å². The minimum Gasteiger partial charge on any atom is -0.871 e. The van der Waals surface area contributed by atoms with Gasteiger partial charge in [0.2, 0.25) is 0 Å². The van der Waals surface area contributed by atoms with Crippen molar-refractivity contribution < 1.29 is 33.5 Å². The van der Waals surface area contributed by atoms with Crippen LogP contribution >= 0.6 is 0 Å². The number of ether oxygens (including phenoxy) is 1. The van der Waals surface area contributed by atoms with E-state index in [1.807, 2.05) is 12.1 Å². The summed E-state index contributed by atoms with van der Waals surface area (Å²) in [5, 5.41) is 12.4. The maximum Gasteiger partial charge on any atom is 1.00 e. The molecule has 0 N–H and O–H groups in total. The maximum atomic E-state index is 12.4. The molecule has 0 fully saturated rings. The SMILES string of the molecule is COC(=O)/C(=C(\[O-])c1ccccc1)c1ccccc1.[Li+]. The first-order chi connectivity index (χ1) is 9.24. The standard InChI is InChI=1S/C16H14O3.Li/c1-19-16(18)14(12-8-4-2-5-9-12)15(17)13-10-6-3-7-11-13;/h2-11,17H,1H3;/q;+1/p-1/b15-14-;. The van der Waals surface area contributed by atoms with Gasteiger partial charge in [0, 0.05) is 0 Å². The van der Waals surface area contributed by atoms with Gasteiger partial charge in [0.05, 0.1) is 12.7 Å². The van der Waals surface area contributed by atoms with Crippen molar-refractivity contribution in [1.29, 1.82) is 0 Å². The van der Waals surface area contributed by atoms with E-state index in [0.717, 1.165) is 0 Å². The average Bonchev–Trinajstić information content (AvgIpc) is 2.49. The second kappa shape index (κ2) is 7.59. The van der Waals surface area contributed by atoms with Crippen molar-refractivity contribution >= 4 is 17.3 Å². The van der Waals surface area contributed by atoms with Gasteiger partial charge in [-0.1, -0.05) is 66.4 Å². The predicted octanol–water partition coefficient (Wildman–Crippen LogP) is -0.908. The molecule has 0 atom stereocenters. The molecule has 0 aromatic heterocycles. The zero-order valence-electron chi connectivity index (χ0n) is 11.5. The number of benzene rings is 2. The van der Waals surface area contributed by atoms with Crippen LogP contribution in [0.5, 0.6) is 0 Å². The number of hydrogen-bond acceptors (Lipinski definition) is 3. The van der Waals surface area contributed by atoms with E-state index in [9.17, 15) is 9.90 Å². The molecule has 2 rings (SSSR count). The van der Waals surface area contributed by atoms with Gasteiger partial charge in [-0.3, -0.25) is 0 Å². The third-order valence-corrected chi connectivity index (χ3v) is 2.72. The molecule has 0 amide bonds. The van der Waals surface area contributed by atoms with Crippen molar-refractivity contribution in [2.24, 2.45) is 0 Å². The van der Waals surface area contributed by atoms with Gasteiger partial charge in [-0.05, 0) is 11.1 Å². The Bertz CT molecular complexity index is 592. The van der Waals surface area contributed by atoms with E-state index >= 15 is 0 Å². The summed E-state index contributed by atoms with van der Waals surface area (Å²) in [5.74, 6) is -0.960. The second-order valence-electron chi connectivity index (χ2n) is 3.93. The molecule has 0 aliphatic rings. The van der Waals surface area contributed by atoms with Crippen molar-refractivity contribution in [3.63, 3.8) is 0 Å². The summed E-state index contributed by atoms with van der Waals surface area (Å²) in [6, 6.07) is 17.5. The van der Waals surface area contributed by atoms with Crippen molar-refractivity contribution in [3.8, 4) is 0 Å². The van der Waals surface area contributed by atoms with Gasteiger partial charge in [0.25, 0.3) is 0 Å². The minimum absolute atomic E-state index is 0. The Morgan fingerprint density at radius 1 is 0.900 bits per heavy atom. The third kappa shape index (κ3) is 3.54. The monoisotopic (exact) mass is 260 g/mol. The second-order valence-corrected chi connectivity index (χ2v) is 3.93. The molecule has 20 heavy (non-hydrogen) atoms. The van der Waals surface area contributed by atoms with Gasteiger partial charge in [-0.15, -0.1) is 0 Å². The fourth-order valence-electron chi connectivity index (χ4n) is 1.78. The molecular weight excluding hydrogens is 247 g/mol. The summed E-state index contributed by atoms with van der Waals surface area (Å²) < 4.78 is 4.71. The first kappa shape index (κ1) is 16.1. The number of esters is 1. The van der Waals surface area contributed by atoms with Gasteiger partial charge >= 0.3 is 24.8 Å². The first-order valence-electron chi connectivity index (χ1n) is 5.84. The molecule has 0 heterocycles. The van der Waals surface area contributed by atoms with E-state index in [0.29, 0.717) is 11.1 Å². The predicted molar refractivity (Wildman–Crippen MR) is 71.7 cm³/mol. The summed E-state index contributed by atoms with van der Waals surface area (Å²) in [6.45, 7) is 0. The molecule has 0 radical (unpaired) electrons. The smallest absolute Gasteiger partial charge is 0.871 e. The normalized spacial score (nSPS) is 11.1. The number of carbonyl (C=O) groups is 1. The van der Waals surface area contributed by atoms with Gasteiger partial charge in [0.1, 0.15) is 0 Å².